The predicted octanol–water partition coefficient (Wildman–Crippen LogP) is 5.27. The lowest BCUT2D eigenvalue weighted by Crippen LogP contribution is -2.40. The Morgan fingerprint density at radius 2 is 1.93 bits per heavy atom. The van der Waals surface area contributed by atoms with E-state index in [9.17, 15) is 14.4 Å². The molecule has 0 spiro atoms. The van der Waals surface area contributed by atoms with Crippen LogP contribution in [0, 0.1) is 0 Å². The number of aromatic nitrogens is 1. The second kappa shape index (κ2) is 12.1. The fourth-order valence-electron chi connectivity index (χ4n) is 4.72. The molecular formula is C30H24BrClN2O7S. The van der Waals surface area contributed by atoms with Crippen LogP contribution in [0.4, 0.5) is 0 Å². The van der Waals surface area contributed by atoms with Gasteiger partial charge in [-0.15, -0.1) is 0 Å². The Bertz CT molecular complexity index is 1940. The first-order valence-electron chi connectivity index (χ1n) is 12.7. The van der Waals surface area contributed by atoms with E-state index < -0.39 is 18.0 Å². The molecular weight excluding hydrogens is 648 g/mol. The third-order valence-corrected chi connectivity index (χ3v) is 8.27. The third-order valence-electron chi connectivity index (χ3n) is 6.56. The van der Waals surface area contributed by atoms with Gasteiger partial charge in [-0.2, -0.15) is 0 Å². The van der Waals surface area contributed by atoms with Gasteiger partial charge >= 0.3 is 11.9 Å². The SMILES string of the molecule is CCOC(=O)C1=C(C)N=c2s/c(=C\c3ccc(-c4cc(Cl)ccc4C(=O)OC)o3)c(=O)n2[C@H]1c1cc(Br)ccc1OC. The zero-order valence-electron chi connectivity index (χ0n) is 22.9. The average Bonchev–Trinajstić information content (AvgIpc) is 3.56. The number of carbonyl (C=O) groups is 2. The summed E-state index contributed by atoms with van der Waals surface area (Å²) >= 11 is 10.8. The number of allylic oxidation sites excluding steroid dienone is 1. The summed E-state index contributed by atoms with van der Waals surface area (Å²) < 4.78 is 24.4. The fraction of sp³-hybridized carbons (Fsp3) is 0.200. The van der Waals surface area contributed by atoms with E-state index in [-0.39, 0.29) is 23.3 Å². The first kappa shape index (κ1) is 29.6. The number of hydrogen-bond acceptors (Lipinski definition) is 9. The minimum atomic E-state index is -0.851. The maximum absolute atomic E-state index is 14.0. The van der Waals surface area contributed by atoms with Crippen molar-refractivity contribution in [3.8, 4) is 17.1 Å². The molecule has 0 N–H and O–H groups in total. The molecule has 1 aliphatic rings. The number of hydrogen-bond donors (Lipinski definition) is 0. The smallest absolute Gasteiger partial charge is 0.338 e. The van der Waals surface area contributed by atoms with Crippen molar-refractivity contribution >= 4 is 56.9 Å². The van der Waals surface area contributed by atoms with Gasteiger partial charge in [-0.25, -0.2) is 14.6 Å². The standard InChI is InChI=1S/C30H24BrClN2O7S/c1-5-40-29(37)25-15(2)33-30-34(26(25)21-12-16(31)6-10-22(21)38-3)27(35)24(42-30)14-18-8-11-23(41-18)20-13-17(32)7-9-19(20)28(36)39-4/h6-14,26H,5H2,1-4H3/b24-14-/t26-/m0/s1. The number of thiazole rings is 1. The molecule has 3 heterocycles. The number of esters is 2. The van der Waals surface area contributed by atoms with Crippen LogP contribution in [0.25, 0.3) is 17.4 Å². The van der Waals surface area contributed by atoms with Crippen molar-refractivity contribution < 1.29 is 28.2 Å². The minimum Gasteiger partial charge on any atom is -0.496 e. The van der Waals surface area contributed by atoms with Crippen molar-refractivity contribution in [1.29, 1.82) is 0 Å². The highest BCUT2D eigenvalue weighted by molar-refractivity contribution is 9.10. The summed E-state index contributed by atoms with van der Waals surface area (Å²) in [6.45, 7) is 3.59. The topological polar surface area (TPSA) is 109 Å². The lowest BCUT2D eigenvalue weighted by Gasteiger charge is -2.26. The molecule has 5 rings (SSSR count). The van der Waals surface area contributed by atoms with Crippen molar-refractivity contribution in [2.75, 3.05) is 20.8 Å². The molecule has 42 heavy (non-hydrogen) atoms. The summed E-state index contributed by atoms with van der Waals surface area (Å²) in [5, 5.41) is 0.416. The second-order valence-corrected chi connectivity index (χ2v) is 11.4. The van der Waals surface area contributed by atoms with Gasteiger partial charge in [0.2, 0.25) is 0 Å². The zero-order valence-corrected chi connectivity index (χ0v) is 26.1. The van der Waals surface area contributed by atoms with Gasteiger partial charge in [0.05, 0.1) is 42.2 Å². The Balaban J connectivity index is 1.67. The molecule has 2 aromatic carbocycles. The largest absolute Gasteiger partial charge is 0.496 e. The van der Waals surface area contributed by atoms with E-state index in [4.69, 9.17) is 30.2 Å². The molecule has 0 saturated carbocycles. The number of rotatable bonds is 7. The van der Waals surface area contributed by atoms with Crippen LogP contribution in [0.2, 0.25) is 5.02 Å². The number of halogens is 2. The van der Waals surface area contributed by atoms with Crippen LogP contribution < -0.4 is 19.6 Å². The zero-order chi connectivity index (χ0) is 30.1. The summed E-state index contributed by atoms with van der Waals surface area (Å²) in [6, 6.07) is 12.6. The first-order valence-corrected chi connectivity index (χ1v) is 14.7. The van der Waals surface area contributed by atoms with E-state index in [0.29, 0.717) is 48.5 Å². The Kier molecular flexibility index (Phi) is 8.53. The summed E-state index contributed by atoms with van der Waals surface area (Å²) in [5.74, 6) is 0.119. The van der Waals surface area contributed by atoms with E-state index in [0.717, 1.165) is 15.8 Å². The van der Waals surface area contributed by atoms with Gasteiger partial charge in [0.1, 0.15) is 23.3 Å². The van der Waals surface area contributed by atoms with Gasteiger partial charge in [-0.1, -0.05) is 38.9 Å². The van der Waals surface area contributed by atoms with Gasteiger partial charge in [0.15, 0.2) is 4.80 Å². The van der Waals surface area contributed by atoms with Crippen LogP contribution in [0.15, 0.2) is 78.5 Å². The highest BCUT2D eigenvalue weighted by Gasteiger charge is 2.35. The lowest BCUT2D eigenvalue weighted by molar-refractivity contribution is -0.139. The van der Waals surface area contributed by atoms with Gasteiger partial charge in [0, 0.05) is 26.7 Å². The van der Waals surface area contributed by atoms with Crippen LogP contribution in [0.5, 0.6) is 5.75 Å². The van der Waals surface area contributed by atoms with Crippen molar-refractivity contribution in [3.63, 3.8) is 0 Å². The third kappa shape index (κ3) is 5.47. The number of methoxy groups -OCH3 is 2. The lowest BCUT2D eigenvalue weighted by atomic mass is 9.95. The predicted molar refractivity (Wildman–Crippen MR) is 162 cm³/mol. The molecule has 9 nitrogen and oxygen atoms in total. The van der Waals surface area contributed by atoms with Crippen LogP contribution in [-0.2, 0) is 14.3 Å². The fourth-order valence-corrected chi connectivity index (χ4v) is 6.29. The molecule has 0 bridgehead atoms. The number of ether oxygens (including phenoxy) is 3. The maximum Gasteiger partial charge on any atom is 0.338 e. The van der Waals surface area contributed by atoms with Crippen molar-refractivity contribution in [1.82, 2.24) is 4.57 Å². The Hall–Kier alpha value is -3.93. The van der Waals surface area contributed by atoms with Crippen molar-refractivity contribution in [2.45, 2.75) is 19.9 Å². The van der Waals surface area contributed by atoms with E-state index in [1.165, 1.54) is 18.8 Å². The number of benzene rings is 2. The van der Waals surface area contributed by atoms with E-state index in [1.807, 2.05) is 6.07 Å². The minimum absolute atomic E-state index is 0.160. The van der Waals surface area contributed by atoms with Gasteiger partial charge < -0.3 is 18.6 Å². The number of fused-ring (bicyclic) bond motifs is 1. The number of carbonyl (C=O) groups excluding carboxylic acids is 2. The van der Waals surface area contributed by atoms with E-state index >= 15 is 0 Å². The first-order chi connectivity index (χ1) is 20.2. The van der Waals surface area contributed by atoms with E-state index in [2.05, 4.69) is 20.9 Å². The summed E-state index contributed by atoms with van der Waals surface area (Å²) in [7, 11) is 2.82. The summed E-state index contributed by atoms with van der Waals surface area (Å²) in [4.78, 5) is 44.5. The molecule has 0 aliphatic carbocycles. The molecule has 12 heteroatoms. The molecule has 0 radical (unpaired) electrons. The number of furan rings is 1. The van der Waals surface area contributed by atoms with Crippen LogP contribution >= 0.6 is 38.9 Å². The molecule has 1 atom stereocenters. The van der Waals surface area contributed by atoms with Crippen LogP contribution in [-0.4, -0.2) is 37.3 Å². The normalized spacial score (nSPS) is 14.8. The highest BCUT2D eigenvalue weighted by Crippen LogP contribution is 2.37. The average molecular weight is 672 g/mol. The van der Waals surface area contributed by atoms with Gasteiger partial charge in [0.25, 0.3) is 5.56 Å². The molecule has 2 aromatic heterocycles. The van der Waals surface area contributed by atoms with Gasteiger partial charge in [-0.3, -0.25) is 9.36 Å². The molecule has 0 fully saturated rings. The Labute approximate surface area is 257 Å². The molecule has 0 amide bonds. The van der Waals surface area contributed by atoms with Crippen LogP contribution in [0.1, 0.15) is 41.6 Å². The second-order valence-electron chi connectivity index (χ2n) is 9.07. The van der Waals surface area contributed by atoms with Gasteiger partial charge in [-0.05, 0) is 62.4 Å². The molecule has 0 saturated heterocycles. The highest BCUT2D eigenvalue weighted by atomic mass is 79.9. The Morgan fingerprint density at radius 3 is 2.64 bits per heavy atom. The number of nitrogens with zero attached hydrogens (tertiary/aromatic N) is 2. The van der Waals surface area contributed by atoms with E-state index in [1.54, 1.807) is 62.4 Å². The van der Waals surface area contributed by atoms with Crippen LogP contribution in [0.3, 0.4) is 0 Å². The quantitative estimate of drug-likeness (QED) is 0.246. The molecule has 0 unspecified atom stereocenters. The molecule has 216 valence electrons. The summed E-state index contributed by atoms with van der Waals surface area (Å²) in [6.07, 6.45) is 1.59. The van der Waals surface area contributed by atoms with Crippen molar-refractivity contribution in [3.05, 3.63) is 106 Å². The molecule has 1 aliphatic heterocycles. The maximum atomic E-state index is 14.0. The van der Waals surface area contributed by atoms with Crippen molar-refractivity contribution in [2.24, 2.45) is 4.99 Å². The molecule has 4 aromatic rings. The summed E-state index contributed by atoms with van der Waals surface area (Å²) in [5.41, 5.74) is 1.62. The Morgan fingerprint density at radius 1 is 1.14 bits per heavy atom. The monoisotopic (exact) mass is 670 g/mol.